The number of hydrogen-bond donors (Lipinski definition) is 3. The van der Waals surface area contributed by atoms with Crippen molar-refractivity contribution in [2.75, 3.05) is 39.6 Å². The summed E-state index contributed by atoms with van der Waals surface area (Å²) in [4.78, 5) is 72.8. The zero-order chi connectivity index (χ0) is 69.6. The molecule has 0 spiro atoms. The summed E-state index contributed by atoms with van der Waals surface area (Å²) in [6, 6.07) is 0. The molecule has 0 aromatic rings. The lowest BCUT2D eigenvalue weighted by atomic mass is 9.99. The molecule has 0 bridgehead atoms. The third kappa shape index (κ3) is 66.0. The Labute approximate surface area is 575 Å². The molecule has 0 aliphatic heterocycles. The first-order valence-electron chi connectivity index (χ1n) is 38.8. The van der Waals surface area contributed by atoms with Gasteiger partial charge in [0.15, 0.2) is 12.2 Å². The largest absolute Gasteiger partial charge is 0.472 e. The van der Waals surface area contributed by atoms with Gasteiger partial charge >= 0.3 is 39.5 Å². The summed E-state index contributed by atoms with van der Waals surface area (Å²) in [5.74, 6) is 0.953. The lowest BCUT2D eigenvalue weighted by molar-refractivity contribution is -0.161. The minimum Gasteiger partial charge on any atom is -0.462 e. The lowest BCUT2D eigenvalue weighted by Crippen LogP contribution is -2.30. The molecule has 17 nitrogen and oxygen atoms in total. The fraction of sp³-hybridized carbons (Fsp3) is 0.947. The zero-order valence-electron chi connectivity index (χ0n) is 61.6. The predicted molar refractivity (Wildman–Crippen MR) is 381 cm³/mol. The maximum Gasteiger partial charge on any atom is 0.472 e. The van der Waals surface area contributed by atoms with Gasteiger partial charge in [-0.25, -0.2) is 9.13 Å². The Morgan fingerprint density at radius 1 is 0.298 bits per heavy atom. The summed E-state index contributed by atoms with van der Waals surface area (Å²) in [7, 11) is -9.91. The SMILES string of the molecule is CCC(C)CCCCCCCCCCCCC(=O)O[C@H](COC(=O)CCCCCCCCCCCCCCCCCC(C)C)COP(=O)(O)OC[C@@H](O)COP(=O)(O)OC[C@@H](COC(=O)CCCCCCCCC(C)CC)OC(=O)CCCCCCCCCCCC(C)C. The van der Waals surface area contributed by atoms with Crippen LogP contribution in [-0.2, 0) is 65.4 Å². The quantitative estimate of drug-likeness (QED) is 0.0222. The van der Waals surface area contributed by atoms with Crippen LogP contribution in [0.25, 0.3) is 0 Å². The van der Waals surface area contributed by atoms with Gasteiger partial charge in [-0.2, -0.15) is 0 Å². The van der Waals surface area contributed by atoms with Crippen LogP contribution in [-0.4, -0.2) is 96.7 Å². The summed E-state index contributed by atoms with van der Waals surface area (Å²) in [6.07, 6.45) is 48.6. The van der Waals surface area contributed by atoms with E-state index in [0.717, 1.165) is 120 Å². The number of aliphatic hydroxyl groups is 1. The van der Waals surface area contributed by atoms with E-state index in [1.165, 1.54) is 173 Å². The molecule has 4 unspecified atom stereocenters. The molecule has 19 heteroatoms. The van der Waals surface area contributed by atoms with Gasteiger partial charge in [-0.3, -0.25) is 37.3 Å². The van der Waals surface area contributed by atoms with Crippen LogP contribution in [0.15, 0.2) is 0 Å². The van der Waals surface area contributed by atoms with Crippen LogP contribution >= 0.6 is 15.6 Å². The van der Waals surface area contributed by atoms with E-state index < -0.39 is 97.5 Å². The molecule has 7 atom stereocenters. The monoisotopic (exact) mass is 1380 g/mol. The van der Waals surface area contributed by atoms with Gasteiger partial charge in [-0.1, -0.05) is 325 Å². The summed E-state index contributed by atoms with van der Waals surface area (Å²) >= 11 is 0. The molecule has 558 valence electrons. The predicted octanol–water partition coefficient (Wildman–Crippen LogP) is 21.7. The lowest BCUT2D eigenvalue weighted by Gasteiger charge is -2.21. The summed E-state index contributed by atoms with van der Waals surface area (Å²) in [5, 5.41) is 10.6. The topological polar surface area (TPSA) is 237 Å². The molecule has 3 N–H and O–H groups in total. The molecule has 0 aliphatic rings. The van der Waals surface area contributed by atoms with Crippen LogP contribution in [0.2, 0.25) is 0 Å². The van der Waals surface area contributed by atoms with Crippen LogP contribution in [0, 0.1) is 23.7 Å². The van der Waals surface area contributed by atoms with Gasteiger partial charge < -0.3 is 33.8 Å². The van der Waals surface area contributed by atoms with Gasteiger partial charge in [-0.15, -0.1) is 0 Å². The van der Waals surface area contributed by atoms with Crippen LogP contribution in [0.1, 0.15) is 376 Å². The third-order valence-electron chi connectivity index (χ3n) is 18.0. The van der Waals surface area contributed by atoms with Crippen molar-refractivity contribution < 1.29 is 80.2 Å². The van der Waals surface area contributed by atoms with Gasteiger partial charge in [0, 0.05) is 25.7 Å². The first kappa shape index (κ1) is 92.1. The minimum atomic E-state index is -4.96. The molecule has 0 radical (unpaired) electrons. The molecule has 0 saturated heterocycles. The van der Waals surface area contributed by atoms with E-state index in [1.54, 1.807) is 0 Å². The molecular weight excluding hydrogens is 1230 g/mol. The van der Waals surface area contributed by atoms with Gasteiger partial charge in [0.05, 0.1) is 26.4 Å². The second-order valence-corrected chi connectivity index (χ2v) is 31.4. The highest BCUT2D eigenvalue weighted by Crippen LogP contribution is 2.45. The highest BCUT2D eigenvalue weighted by atomic mass is 31.2. The standard InChI is InChI=1S/C75H146O17P2/c1-9-67(7)53-45-37-29-23-18-19-25-31-41-49-57-74(79)91-70(61-85-72(77)55-47-39-30-24-17-15-13-11-12-14-16-21-27-35-43-51-65(3)4)63-89-93(81,82)87-59-69(76)60-88-94(83,84)90-64-71(62-86-73(78)56-48-40-34-33-38-46-54-68(8)10-2)92-75(80)58-50-42-32-26-20-22-28-36-44-52-66(5)6/h65-71,76H,9-64H2,1-8H3,(H,81,82)(H,83,84)/t67?,68?,69-,70-,71-/m1/s1. The summed E-state index contributed by atoms with van der Waals surface area (Å²) in [5.41, 5.74) is 0. The Morgan fingerprint density at radius 3 is 0.755 bits per heavy atom. The number of carbonyl (C=O) groups excluding carboxylic acids is 4. The molecule has 0 aromatic heterocycles. The molecule has 0 amide bonds. The molecule has 0 fully saturated rings. The van der Waals surface area contributed by atoms with Crippen molar-refractivity contribution >= 4 is 39.5 Å². The first-order chi connectivity index (χ1) is 45.2. The third-order valence-corrected chi connectivity index (χ3v) is 19.9. The molecule has 0 heterocycles. The Bertz CT molecular complexity index is 1850. The van der Waals surface area contributed by atoms with Gasteiger partial charge in [0.1, 0.15) is 19.3 Å². The number of carbonyl (C=O) groups is 4. The van der Waals surface area contributed by atoms with Gasteiger partial charge in [-0.05, 0) is 49.4 Å². The molecule has 0 aromatic carbocycles. The van der Waals surface area contributed by atoms with Crippen molar-refractivity contribution in [2.45, 2.75) is 395 Å². The van der Waals surface area contributed by atoms with Crippen LogP contribution < -0.4 is 0 Å². The second kappa shape index (κ2) is 64.4. The van der Waals surface area contributed by atoms with Crippen molar-refractivity contribution in [3.63, 3.8) is 0 Å². The van der Waals surface area contributed by atoms with E-state index in [9.17, 15) is 43.2 Å². The molecule has 0 saturated carbocycles. The van der Waals surface area contributed by atoms with Crippen molar-refractivity contribution in [3.8, 4) is 0 Å². The molecule has 0 rings (SSSR count). The number of hydrogen-bond acceptors (Lipinski definition) is 15. The van der Waals surface area contributed by atoms with E-state index in [0.29, 0.717) is 25.7 Å². The van der Waals surface area contributed by atoms with Crippen molar-refractivity contribution in [2.24, 2.45) is 23.7 Å². The maximum absolute atomic E-state index is 13.1. The highest BCUT2D eigenvalue weighted by Gasteiger charge is 2.30. The van der Waals surface area contributed by atoms with Gasteiger partial charge in [0.2, 0.25) is 0 Å². The number of rotatable bonds is 72. The van der Waals surface area contributed by atoms with E-state index >= 15 is 0 Å². The average molecular weight is 1380 g/mol. The minimum absolute atomic E-state index is 0.104. The number of unbranched alkanes of at least 4 members (excludes halogenated alkanes) is 36. The molecule has 94 heavy (non-hydrogen) atoms. The Balaban J connectivity index is 5.24. The molecular formula is C75H146O17P2. The average Bonchev–Trinajstić information content (AvgIpc) is 1.33. The zero-order valence-corrected chi connectivity index (χ0v) is 63.4. The normalized spacial score (nSPS) is 14.7. The fourth-order valence-electron chi connectivity index (χ4n) is 11.3. The number of phosphoric ester groups is 2. The van der Waals surface area contributed by atoms with E-state index in [-0.39, 0.29) is 25.7 Å². The Morgan fingerprint density at radius 2 is 0.511 bits per heavy atom. The second-order valence-electron chi connectivity index (χ2n) is 28.5. The van der Waals surface area contributed by atoms with E-state index in [2.05, 4.69) is 55.4 Å². The number of aliphatic hydroxyl groups excluding tert-OH is 1. The maximum atomic E-state index is 13.1. The van der Waals surface area contributed by atoms with Crippen LogP contribution in [0.4, 0.5) is 0 Å². The van der Waals surface area contributed by atoms with Gasteiger partial charge in [0.25, 0.3) is 0 Å². The number of phosphoric acid groups is 2. The Kier molecular flexibility index (Phi) is 63.1. The smallest absolute Gasteiger partial charge is 0.462 e. The number of esters is 4. The van der Waals surface area contributed by atoms with E-state index in [4.69, 9.17) is 37.0 Å². The van der Waals surface area contributed by atoms with Crippen LogP contribution in [0.5, 0.6) is 0 Å². The first-order valence-corrected chi connectivity index (χ1v) is 41.8. The van der Waals surface area contributed by atoms with Crippen molar-refractivity contribution in [3.05, 3.63) is 0 Å². The molecule has 0 aliphatic carbocycles. The fourth-order valence-corrected chi connectivity index (χ4v) is 12.9. The van der Waals surface area contributed by atoms with Crippen molar-refractivity contribution in [1.29, 1.82) is 0 Å². The summed E-state index contributed by atoms with van der Waals surface area (Å²) < 4.78 is 68.5. The number of ether oxygens (including phenoxy) is 4. The van der Waals surface area contributed by atoms with Crippen LogP contribution in [0.3, 0.4) is 0 Å². The summed E-state index contributed by atoms with van der Waals surface area (Å²) in [6.45, 7) is 14.2. The van der Waals surface area contributed by atoms with Crippen molar-refractivity contribution in [1.82, 2.24) is 0 Å². The highest BCUT2D eigenvalue weighted by molar-refractivity contribution is 7.47. The van der Waals surface area contributed by atoms with E-state index in [1.807, 2.05) is 0 Å². The Hall–Kier alpha value is -1.94.